The lowest BCUT2D eigenvalue weighted by molar-refractivity contribution is -0.120. The maximum atomic E-state index is 15.1. The lowest BCUT2D eigenvalue weighted by atomic mass is 9.77. The van der Waals surface area contributed by atoms with E-state index < -0.39 is 68.2 Å². The van der Waals surface area contributed by atoms with E-state index >= 15 is 4.39 Å². The van der Waals surface area contributed by atoms with Crippen LogP contribution in [-0.2, 0) is 23.9 Å². The number of carbonyl (C=O) groups excluding carboxylic acids is 2. The molecule has 0 bridgehead atoms. The number of sulfone groups is 1. The van der Waals surface area contributed by atoms with Crippen molar-refractivity contribution in [2.75, 3.05) is 12.4 Å². The van der Waals surface area contributed by atoms with Gasteiger partial charge in [-0.15, -0.1) is 0 Å². The van der Waals surface area contributed by atoms with Crippen LogP contribution in [0.15, 0.2) is 53.4 Å². The number of hydrogen-bond acceptors (Lipinski definition) is 7. The van der Waals surface area contributed by atoms with E-state index in [0.717, 1.165) is 18.2 Å². The highest BCUT2D eigenvalue weighted by Gasteiger charge is 2.53. The fourth-order valence-electron chi connectivity index (χ4n) is 4.69. The van der Waals surface area contributed by atoms with E-state index in [0.29, 0.717) is 6.07 Å². The molecular formula is C28H31BF4N2O7S. The van der Waals surface area contributed by atoms with E-state index in [-0.39, 0.29) is 35.3 Å². The van der Waals surface area contributed by atoms with Crippen LogP contribution in [0, 0.1) is 11.7 Å². The molecule has 2 aromatic carbocycles. The molecule has 2 atom stereocenters. The fourth-order valence-corrected chi connectivity index (χ4v) is 5.50. The molecule has 0 radical (unpaired) electrons. The van der Waals surface area contributed by atoms with Crippen LogP contribution in [0.5, 0.6) is 5.75 Å². The number of anilines is 1. The summed E-state index contributed by atoms with van der Waals surface area (Å²) in [5, 5.41) is 5.22. The van der Waals surface area contributed by atoms with E-state index in [2.05, 4.69) is 10.6 Å². The number of carbonyl (C=O) groups is 2. The molecule has 2 aliphatic rings. The van der Waals surface area contributed by atoms with Crippen molar-refractivity contribution in [2.45, 2.75) is 68.2 Å². The van der Waals surface area contributed by atoms with Crippen LogP contribution in [0.4, 0.5) is 23.2 Å². The van der Waals surface area contributed by atoms with Gasteiger partial charge < -0.3 is 24.7 Å². The van der Waals surface area contributed by atoms with Gasteiger partial charge in [0.25, 0.3) is 15.7 Å². The molecule has 9 nitrogen and oxygen atoms in total. The maximum Gasteiger partial charge on any atom is 0.501 e. The van der Waals surface area contributed by atoms with Crippen LogP contribution >= 0.6 is 0 Å². The lowest BCUT2D eigenvalue weighted by Crippen LogP contribution is -2.46. The second-order valence-electron chi connectivity index (χ2n) is 11.3. The first-order chi connectivity index (χ1) is 19.9. The zero-order chi connectivity index (χ0) is 32.0. The van der Waals surface area contributed by atoms with Crippen molar-refractivity contribution in [2.24, 2.45) is 5.92 Å². The van der Waals surface area contributed by atoms with Gasteiger partial charge in [0.15, 0.2) is 0 Å². The zero-order valence-corrected chi connectivity index (χ0v) is 24.9. The second kappa shape index (κ2) is 11.6. The van der Waals surface area contributed by atoms with Gasteiger partial charge in [0.05, 0.1) is 34.7 Å². The van der Waals surface area contributed by atoms with E-state index in [1.54, 1.807) is 39.8 Å². The number of alkyl halides is 3. The first kappa shape index (κ1) is 32.5. The molecule has 4 rings (SSSR count). The Bertz CT molecular complexity index is 1540. The summed E-state index contributed by atoms with van der Waals surface area (Å²) in [5.74, 6) is -2.97. The van der Waals surface area contributed by atoms with Gasteiger partial charge in [-0.1, -0.05) is 18.2 Å². The van der Waals surface area contributed by atoms with Gasteiger partial charge >= 0.3 is 12.6 Å². The van der Waals surface area contributed by atoms with Gasteiger partial charge in [0.2, 0.25) is 5.91 Å². The largest absolute Gasteiger partial charge is 0.501 e. The second-order valence-corrected chi connectivity index (χ2v) is 13.2. The third-order valence-corrected chi connectivity index (χ3v) is 9.36. The van der Waals surface area contributed by atoms with Crippen molar-refractivity contribution in [3.05, 3.63) is 59.9 Å². The highest BCUT2D eigenvalue weighted by atomic mass is 32.2. The molecule has 1 heterocycles. The lowest BCUT2D eigenvalue weighted by Gasteiger charge is -2.32. The summed E-state index contributed by atoms with van der Waals surface area (Å²) in [6, 6.07) is 5.36. The van der Waals surface area contributed by atoms with Crippen LogP contribution in [-0.4, -0.2) is 57.2 Å². The number of methoxy groups -OCH3 is 1. The van der Waals surface area contributed by atoms with Gasteiger partial charge in [-0.05, 0) is 64.8 Å². The Balaban J connectivity index is 1.55. The molecule has 0 unspecified atom stereocenters. The van der Waals surface area contributed by atoms with Gasteiger partial charge in [-0.3, -0.25) is 9.59 Å². The molecule has 1 aliphatic heterocycles. The molecule has 0 aromatic heterocycles. The predicted octanol–water partition coefficient (Wildman–Crippen LogP) is 4.13. The number of hydrogen-bond donors (Lipinski definition) is 2. The van der Waals surface area contributed by atoms with E-state index in [1.165, 1.54) is 19.2 Å². The molecular weight excluding hydrogens is 595 g/mol. The molecule has 2 amide bonds. The number of allylic oxidation sites excluding steroid dienone is 1. The maximum absolute atomic E-state index is 15.1. The average molecular weight is 626 g/mol. The number of amides is 2. The van der Waals surface area contributed by atoms with Crippen LogP contribution in [0.3, 0.4) is 0 Å². The molecule has 1 aliphatic carbocycles. The highest BCUT2D eigenvalue weighted by Crippen LogP contribution is 2.37. The van der Waals surface area contributed by atoms with Crippen molar-refractivity contribution in [3.63, 3.8) is 0 Å². The van der Waals surface area contributed by atoms with Crippen molar-refractivity contribution < 1.29 is 49.6 Å². The molecule has 15 heteroatoms. The normalized spacial score (nSPS) is 21.4. The quantitative estimate of drug-likeness (QED) is 0.270. The molecule has 0 spiro atoms. The third-order valence-electron chi connectivity index (χ3n) is 7.87. The van der Waals surface area contributed by atoms with Crippen molar-refractivity contribution in [3.8, 4) is 5.75 Å². The minimum atomic E-state index is -5.63. The monoisotopic (exact) mass is 626 g/mol. The Morgan fingerprint density at radius 1 is 1.02 bits per heavy atom. The first-order valence-corrected chi connectivity index (χ1v) is 14.8. The molecule has 2 N–H and O–H groups in total. The number of nitrogens with one attached hydrogen (secondary N) is 2. The van der Waals surface area contributed by atoms with Gasteiger partial charge in [0.1, 0.15) is 11.6 Å². The molecule has 43 heavy (non-hydrogen) atoms. The van der Waals surface area contributed by atoms with Gasteiger partial charge in [0, 0.05) is 23.3 Å². The van der Waals surface area contributed by atoms with Crippen molar-refractivity contribution in [1.29, 1.82) is 0 Å². The Morgan fingerprint density at radius 2 is 1.65 bits per heavy atom. The Labute approximate surface area is 247 Å². The fraction of sp³-hybridized carbons (Fsp3) is 0.429. The molecule has 1 fully saturated rings. The van der Waals surface area contributed by atoms with Gasteiger partial charge in [-0.25, -0.2) is 12.8 Å². The van der Waals surface area contributed by atoms with Crippen LogP contribution < -0.4 is 20.8 Å². The van der Waals surface area contributed by atoms with Crippen LogP contribution in [0.25, 0.3) is 0 Å². The number of halogens is 4. The number of rotatable bonds is 7. The highest BCUT2D eigenvalue weighted by molar-refractivity contribution is 7.92. The van der Waals surface area contributed by atoms with E-state index in [1.807, 2.05) is 0 Å². The van der Waals surface area contributed by atoms with Gasteiger partial charge in [-0.2, -0.15) is 13.2 Å². The minimum Gasteiger partial charge on any atom is -0.496 e. The molecule has 0 saturated carbocycles. The summed E-state index contributed by atoms with van der Waals surface area (Å²) >= 11 is 0. The molecule has 2 aromatic rings. The standard InChI is InChI=1S/C28H31BF4N2O7S/c1-26(2)27(3,4)42-29(41-26)20-14-19(23(40-5)15-21(20)30)25(37)35-22-12-7-6-11-18(22)24(36)34-16-9-8-10-17(13-16)43(38,39)28(31,32)33/h6-10,13-15,18,22H,11-12H2,1-5H3,(H,34,36)(H,35,37)/t18-,22+/m0/s1. The number of benzene rings is 2. The average Bonchev–Trinajstić information content (AvgIpc) is 3.14. The smallest absolute Gasteiger partial charge is 0.496 e. The first-order valence-electron chi connectivity index (χ1n) is 13.3. The Hall–Kier alpha value is -3.43. The summed E-state index contributed by atoms with van der Waals surface area (Å²) in [6.45, 7) is 7.20. The Morgan fingerprint density at radius 3 is 2.26 bits per heavy atom. The van der Waals surface area contributed by atoms with Crippen LogP contribution in [0.1, 0.15) is 50.9 Å². The molecule has 232 valence electrons. The predicted molar refractivity (Wildman–Crippen MR) is 150 cm³/mol. The summed E-state index contributed by atoms with van der Waals surface area (Å²) in [6.07, 6.45) is 3.88. The topological polar surface area (TPSA) is 120 Å². The van der Waals surface area contributed by atoms with Crippen molar-refractivity contribution >= 4 is 39.9 Å². The van der Waals surface area contributed by atoms with Crippen molar-refractivity contribution in [1.82, 2.24) is 5.32 Å². The summed E-state index contributed by atoms with van der Waals surface area (Å²) in [7, 11) is -5.46. The molecule has 1 saturated heterocycles. The number of ether oxygens (including phenoxy) is 1. The van der Waals surface area contributed by atoms with E-state index in [9.17, 15) is 31.2 Å². The SMILES string of the molecule is COc1cc(F)c(B2OC(C)(C)C(C)(C)O2)cc1C(=O)N[C@@H]1CC=CC[C@@H]1C(=O)Nc1cccc(S(=O)(=O)C(F)(F)F)c1. The summed E-state index contributed by atoms with van der Waals surface area (Å²) in [4.78, 5) is 25.7. The van der Waals surface area contributed by atoms with Crippen LogP contribution in [0.2, 0.25) is 0 Å². The minimum absolute atomic E-state index is 0.0175. The summed E-state index contributed by atoms with van der Waals surface area (Å²) < 4.78 is 94.9. The third kappa shape index (κ3) is 6.43. The Kier molecular flexibility index (Phi) is 8.75. The summed E-state index contributed by atoms with van der Waals surface area (Å²) in [5.41, 5.74) is -7.26. The van der Waals surface area contributed by atoms with E-state index in [4.69, 9.17) is 14.0 Å². The zero-order valence-electron chi connectivity index (χ0n) is 24.0.